The summed E-state index contributed by atoms with van der Waals surface area (Å²) in [7, 11) is 3.03. The Bertz CT molecular complexity index is 738. The molecule has 2 rings (SSSR count). The molecule has 24 heavy (non-hydrogen) atoms. The Morgan fingerprint density at radius 3 is 2.54 bits per heavy atom. The van der Waals surface area contributed by atoms with Crippen molar-refractivity contribution in [3.05, 3.63) is 59.4 Å². The van der Waals surface area contributed by atoms with Crippen LogP contribution in [0.15, 0.2) is 36.4 Å². The van der Waals surface area contributed by atoms with E-state index in [9.17, 15) is 18.0 Å². The summed E-state index contributed by atoms with van der Waals surface area (Å²) >= 11 is 0. The van der Waals surface area contributed by atoms with Gasteiger partial charge in [0.05, 0.1) is 19.3 Å². The van der Waals surface area contributed by atoms with Crippen LogP contribution < -0.4 is 10.1 Å². The fraction of sp³-hybridized carbons (Fsp3) is 0.235. The molecule has 1 amide bonds. The van der Waals surface area contributed by atoms with Crippen molar-refractivity contribution in [2.24, 2.45) is 0 Å². The van der Waals surface area contributed by atoms with Crippen LogP contribution in [0.3, 0.4) is 0 Å². The fourth-order valence-corrected chi connectivity index (χ4v) is 2.20. The van der Waals surface area contributed by atoms with Crippen molar-refractivity contribution in [1.82, 2.24) is 4.90 Å². The zero-order valence-corrected chi connectivity index (χ0v) is 13.3. The predicted molar refractivity (Wildman–Crippen MR) is 84.3 cm³/mol. The van der Waals surface area contributed by atoms with E-state index in [2.05, 4.69) is 5.32 Å². The van der Waals surface area contributed by atoms with Crippen LogP contribution >= 0.6 is 0 Å². The number of carbonyl (C=O) groups excluding carboxylic acids is 1. The number of halogens is 3. The van der Waals surface area contributed by atoms with Gasteiger partial charge in [-0.2, -0.15) is 0 Å². The van der Waals surface area contributed by atoms with Gasteiger partial charge in [-0.3, -0.25) is 9.69 Å². The Balaban J connectivity index is 1.94. The maximum absolute atomic E-state index is 13.6. The topological polar surface area (TPSA) is 41.6 Å². The first-order chi connectivity index (χ1) is 11.4. The van der Waals surface area contributed by atoms with Crippen LogP contribution in [0.1, 0.15) is 5.56 Å². The molecule has 128 valence electrons. The quantitative estimate of drug-likeness (QED) is 0.880. The van der Waals surface area contributed by atoms with Crippen molar-refractivity contribution in [2.75, 3.05) is 26.0 Å². The number of carbonyl (C=O) groups is 1. The molecule has 0 aromatic heterocycles. The highest BCUT2D eigenvalue weighted by molar-refractivity contribution is 5.92. The molecule has 0 aliphatic heterocycles. The molecular formula is C17H17F3N2O2. The van der Waals surface area contributed by atoms with E-state index in [0.29, 0.717) is 12.1 Å². The molecule has 4 nitrogen and oxygen atoms in total. The van der Waals surface area contributed by atoms with Gasteiger partial charge in [-0.15, -0.1) is 0 Å². The second kappa shape index (κ2) is 7.83. The Labute approximate surface area is 137 Å². The predicted octanol–water partition coefficient (Wildman–Crippen LogP) is 3.18. The Hall–Kier alpha value is -2.54. The number of nitrogens with one attached hydrogen (secondary N) is 1. The molecule has 2 aromatic rings. The average Bonchev–Trinajstić information content (AvgIpc) is 2.51. The fourth-order valence-electron chi connectivity index (χ4n) is 2.20. The van der Waals surface area contributed by atoms with Gasteiger partial charge in [0.2, 0.25) is 5.91 Å². The van der Waals surface area contributed by atoms with E-state index in [1.807, 2.05) is 0 Å². The van der Waals surface area contributed by atoms with Crippen molar-refractivity contribution >= 4 is 11.6 Å². The third-order valence-corrected chi connectivity index (χ3v) is 3.28. The molecule has 2 aromatic carbocycles. The van der Waals surface area contributed by atoms with E-state index in [0.717, 1.165) is 18.2 Å². The van der Waals surface area contributed by atoms with Crippen molar-refractivity contribution in [3.63, 3.8) is 0 Å². The van der Waals surface area contributed by atoms with Gasteiger partial charge >= 0.3 is 0 Å². The zero-order chi connectivity index (χ0) is 17.7. The molecule has 0 radical (unpaired) electrons. The third-order valence-electron chi connectivity index (χ3n) is 3.28. The molecule has 0 heterocycles. The number of benzene rings is 2. The lowest BCUT2D eigenvalue weighted by Gasteiger charge is -2.17. The minimum atomic E-state index is -0.718. The Morgan fingerprint density at radius 2 is 1.88 bits per heavy atom. The summed E-state index contributed by atoms with van der Waals surface area (Å²) in [6, 6.07) is 7.32. The Kier molecular flexibility index (Phi) is 5.81. The molecule has 0 saturated heterocycles. The summed E-state index contributed by atoms with van der Waals surface area (Å²) in [6.45, 7) is 0.240. The van der Waals surface area contributed by atoms with E-state index in [1.54, 1.807) is 18.0 Å². The molecule has 0 aliphatic carbocycles. The maximum atomic E-state index is 13.6. The largest absolute Gasteiger partial charge is 0.494 e. The SMILES string of the molecule is COc1ccc(CN(C)CC(=O)Nc2cc(F)ccc2F)cc1F. The number of hydrogen-bond acceptors (Lipinski definition) is 3. The number of methoxy groups -OCH3 is 1. The van der Waals surface area contributed by atoms with Crippen molar-refractivity contribution in [1.29, 1.82) is 0 Å². The number of anilines is 1. The second-order valence-electron chi connectivity index (χ2n) is 5.31. The molecule has 0 fully saturated rings. The lowest BCUT2D eigenvalue weighted by atomic mass is 10.2. The number of likely N-dealkylation sites (N-methyl/N-ethyl adjacent to an activating group) is 1. The van der Waals surface area contributed by atoms with Gasteiger partial charge in [0, 0.05) is 12.6 Å². The summed E-state index contributed by atoms with van der Waals surface area (Å²) in [5.74, 6) is -2.22. The molecular weight excluding hydrogens is 321 g/mol. The number of hydrogen-bond donors (Lipinski definition) is 1. The minimum absolute atomic E-state index is 0.0659. The molecule has 0 aliphatic rings. The number of amides is 1. The minimum Gasteiger partial charge on any atom is -0.494 e. The van der Waals surface area contributed by atoms with Gasteiger partial charge in [-0.05, 0) is 36.9 Å². The molecule has 0 saturated carbocycles. The molecule has 0 atom stereocenters. The van der Waals surface area contributed by atoms with Crippen molar-refractivity contribution < 1.29 is 22.7 Å². The van der Waals surface area contributed by atoms with Crippen LogP contribution in [0.2, 0.25) is 0 Å². The van der Waals surface area contributed by atoms with Gasteiger partial charge in [0.15, 0.2) is 11.6 Å². The number of nitrogens with zero attached hydrogens (tertiary/aromatic N) is 1. The third kappa shape index (κ3) is 4.73. The first-order valence-corrected chi connectivity index (χ1v) is 7.15. The maximum Gasteiger partial charge on any atom is 0.238 e. The standard InChI is InChI=1S/C17H17F3N2O2/c1-22(9-11-3-6-16(24-2)14(20)7-11)10-17(23)21-15-8-12(18)4-5-13(15)19/h3-8H,9-10H2,1-2H3,(H,21,23). The van der Waals surface area contributed by atoms with E-state index in [-0.39, 0.29) is 18.0 Å². The molecule has 0 unspecified atom stereocenters. The van der Waals surface area contributed by atoms with Gasteiger partial charge < -0.3 is 10.1 Å². The van der Waals surface area contributed by atoms with Gasteiger partial charge in [0.1, 0.15) is 11.6 Å². The number of ether oxygens (including phenoxy) is 1. The molecule has 0 spiro atoms. The van der Waals surface area contributed by atoms with Crippen LogP contribution in [0, 0.1) is 17.5 Å². The highest BCUT2D eigenvalue weighted by atomic mass is 19.1. The summed E-state index contributed by atoms with van der Waals surface area (Å²) in [5.41, 5.74) is 0.435. The first kappa shape index (κ1) is 17.8. The summed E-state index contributed by atoms with van der Waals surface area (Å²) in [5, 5.41) is 2.31. The Morgan fingerprint density at radius 1 is 1.12 bits per heavy atom. The summed E-state index contributed by atoms with van der Waals surface area (Å²) in [4.78, 5) is 13.5. The average molecular weight is 338 g/mol. The zero-order valence-electron chi connectivity index (χ0n) is 13.3. The number of rotatable bonds is 6. The second-order valence-corrected chi connectivity index (χ2v) is 5.31. The van der Waals surface area contributed by atoms with E-state index in [4.69, 9.17) is 4.74 Å². The highest BCUT2D eigenvalue weighted by Crippen LogP contribution is 2.19. The smallest absolute Gasteiger partial charge is 0.238 e. The normalized spacial score (nSPS) is 10.8. The van der Waals surface area contributed by atoms with Crippen LogP contribution in [0.25, 0.3) is 0 Å². The van der Waals surface area contributed by atoms with Crippen molar-refractivity contribution in [3.8, 4) is 5.75 Å². The molecule has 0 bridgehead atoms. The van der Waals surface area contributed by atoms with Gasteiger partial charge in [-0.25, -0.2) is 13.2 Å². The van der Waals surface area contributed by atoms with E-state index >= 15 is 0 Å². The van der Waals surface area contributed by atoms with Gasteiger partial charge in [-0.1, -0.05) is 6.07 Å². The van der Waals surface area contributed by atoms with E-state index in [1.165, 1.54) is 19.2 Å². The molecule has 7 heteroatoms. The van der Waals surface area contributed by atoms with Crippen molar-refractivity contribution in [2.45, 2.75) is 6.54 Å². The summed E-state index contributed by atoms with van der Waals surface area (Å²) in [6.07, 6.45) is 0. The molecule has 1 N–H and O–H groups in total. The first-order valence-electron chi connectivity index (χ1n) is 7.15. The van der Waals surface area contributed by atoms with E-state index < -0.39 is 23.4 Å². The van der Waals surface area contributed by atoms with Crippen LogP contribution in [-0.4, -0.2) is 31.5 Å². The lowest BCUT2D eigenvalue weighted by Crippen LogP contribution is -2.30. The monoisotopic (exact) mass is 338 g/mol. The highest BCUT2D eigenvalue weighted by Gasteiger charge is 2.12. The van der Waals surface area contributed by atoms with Crippen LogP contribution in [0.4, 0.5) is 18.9 Å². The van der Waals surface area contributed by atoms with Crippen LogP contribution in [-0.2, 0) is 11.3 Å². The lowest BCUT2D eigenvalue weighted by molar-refractivity contribution is -0.117. The van der Waals surface area contributed by atoms with Crippen LogP contribution in [0.5, 0.6) is 5.75 Å². The van der Waals surface area contributed by atoms with Gasteiger partial charge in [0.25, 0.3) is 0 Å². The summed E-state index contributed by atoms with van der Waals surface area (Å²) < 4.78 is 45.0.